The molecule has 0 atom stereocenters. The third-order valence-corrected chi connectivity index (χ3v) is 4.27. The number of nitrogens with zero attached hydrogens (tertiary/aromatic N) is 4. The molecule has 1 fully saturated rings. The van der Waals surface area contributed by atoms with E-state index in [9.17, 15) is 0 Å². The lowest BCUT2D eigenvalue weighted by Gasteiger charge is -2.27. The number of anilines is 1. The van der Waals surface area contributed by atoms with E-state index < -0.39 is 0 Å². The van der Waals surface area contributed by atoms with Crippen molar-refractivity contribution in [2.75, 3.05) is 50.8 Å². The molecule has 0 aromatic carbocycles. The fraction of sp³-hybridized carbons (Fsp3) is 0.714. The van der Waals surface area contributed by atoms with Gasteiger partial charge in [0.05, 0.1) is 13.2 Å². The van der Waals surface area contributed by atoms with Gasteiger partial charge in [-0.25, -0.2) is 9.97 Å². The molecule has 0 spiro atoms. The lowest BCUT2D eigenvalue weighted by Crippen LogP contribution is -2.38. The number of aromatic nitrogens is 2. The standard InChI is InChI=1S/C14H21ClN4O/c1-11-12-3-6-19(13(12)17-14(15)16-11)5-2-4-18-7-9-20-10-8-18/h2-10H2,1H3. The zero-order valence-corrected chi connectivity index (χ0v) is 12.7. The minimum atomic E-state index is 0.362. The van der Waals surface area contributed by atoms with Crippen LogP contribution in [0, 0.1) is 6.92 Å². The summed E-state index contributed by atoms with van der Waals surface area (Å²) in [7, 11) is 0. The van der Waals surface area contributed by atoms with Gasteiger partial charge in [-0.3, -0.25) is 4.90 Å². The summed E-state index contributed by atoms with van der Waals surface area (Å²) in [5.41, 5.74) is 2.29. The van der Waals surface area contributed by atoms with Crippen LogP contribution in [0.1, 0.15) is 17.7 Å². The van der Waals surface area contributed by atoms with Crippen molar-refractivity contribution in [2.45, 2.75) is 19.8 Å². The van der Waals surface area contributed by atoms with Crippen LogP contribution in [0.4, 0.5) is 5.82 Å². The third-order valence-electron chi connectivity index (χ3n) is 4.10. The van der Waals surface area contributed by atoms with E-state index in [2.05, 4.69) is 19.8 Å². The van der Waals surface area contributed by atoms with Gasteiger partial charge in [-0.2, -0.15) is 0 Å². The third kappa shape index (κ3) is 3.05. The molecule has 20 heavy (non-hydrogen) atoms. The number of fused-ring (bicyclic) bond motifs is 1. The van der Waals surface area contributed by atoms with Crippen molar-refractivity contribution in [2.24, 2.45) is 0 Å². The zero-order chi connectivity index (χ0) is 13.9. The largest absolute Gasteiger partial charge is 0.379 e. The van der Waals surface area contributed by atoms with Crippen LogP contribution >= 0.6 is 11.6 Å². The minimum absolute atomic E-state index is 0.362. The lowest BCUT2D eigenvalue weighted by molar-refractivity contribution is 0.0376. The Morgan fingerprint density at radius 1 is 1.15 bits per heavy atom. The number of aryl methyl sites for hydroxylation is 1. The SMILES string of the molecule is Cc1nc(Cl)nc2c1CCN2CCCN1CCOCC1. The Bertz CT molecular complexity index is 476. The van der Waals surface area contributed by atoms with E-state index in [0.717, 1.165) is 70.3 Å². The predicted octanol–water partition coefficient (Wildman–Crippen LogP) is 1.52. The van der Waals surface area contributed by atoms with Crippen LogP contribution in [0.15, 0.2) is 0 Å². The van der Waals surface area contributed by atoms with E-state index >= 15 is 0 Å². The number of rotatable bonds is 4. The van der Waals surface area contributed by atoms with Gasteiger partial charge in [-0.15, -0.1) is 0 Å². The number of hydrogen-bond acceptors (Lipinski definition) is 5. The Balaban J connectivity index is 1.55. The number of ether oxygens (including phenoxy) is 1. The summed E-state index contributed by atoms with van der Waals surface area (Å²) in [4.78, 5) is 13.5. The van der Waals surface area contributed by atoms with Crippen molar-refractivity contribution in [1.82, 2.24) is 14.9 Å². The van der Waals surface area contributed by atoms with Gasteiger partial charge in [0.1, 0.15) is 5.82 Å². The van der Waals surface area contributed by atoms with Gasteiger partial charge in [0.2, 0.25) is 5.28 Å². The average Bonchev–Trinajstić information content (AvgIpc) is 2.83. The number of morpholine rings is 1. The van der Waals surface area contributed by atoms with Crippen molar-refractivity contribution in [3.8, 4) is 0 Å². The Hall–Kier alpha value is -0.910. The van der Waals surface area contributed by atoms with Crippen LogP contribution in [0.3, 0.4) is 0 Å². The summed E-state index contributed by atoms with van der Waals surface area (Å²) < 4.78 is 5.37. The van der Waals surface area contributed by atoms with Gasteiger partial charge in [0, 0.05) is 44.0 Å². The molecular formula is C14H21ClN4O. The van der Waals surface area contributed by atoms with Crippen LogP contribution in [0.2, 0.25) is 5.28 Å². The molecule has 2 aliphatic heterocycles. The Kier molecular flexibility index (Phi) is 4.38. The number of halogens is 1. The molecule has 3 rings (SSSR count). The Morgan fingerprint density at radius 2 is 1.95 bits per heavy atom. The van der Waals surface area contributed by atoms with Gasteiger partial charge in [-0.05, 0) is 31.4 Å². The maximum atomic E-state index is 5.98. The smallest absolute Gasteiger partial charge is 0.224 e. The van der Waals surface area contributed by atoms with Gasteiger partial charge < -0.3 is 9.64 Å². The first kappa shape index (κ1) is 14.0. The van der Waals surface area contributed by atoms with E-state index in [1.807, 2.05) is 6.92 Å². The van der Waals surface area contributed by atoms with Crippen molar-refractivity contribution in [1.29, 1.82) is 0 Å². The van der Waals surface area contributed by atoms with Crippen LogP contribution in [-0.4, -0.2) is 60.8 Å². The fourth-order valence-electron chi connectivity index (χ4n) is 2.98. The summed E-state index contributed by atoms with van der Waals surface area (Å²) in [6, 6.07) is 0. The van der Waals surface area contributed by atoms with Gasteiger partial charge in [0.25, 0.3) is 0 Å². The molecule has 3 heterocycles. The highest BCUT2D eigenvalue weighted by atomic mass is 35.5. The fourth-order valence-corrected chi connectivity index (χ4v) is 3.19. The molecule has 5 nitrogen and oxygen atoms in total. The summed E-state index contributed by atoms with van der Waals surface area (Å²) in [5, 5.41) is 0.362. The van der Waals surface area contributed by atoms with Crippen molar-refractivity contribution < 1.29 is 4.74 Å². The van der Waals surface area contributed by atoms with Crippen LogP contribution < -0.4 is 4.90 Å². The molecule has 110 valence electrons. The second kappa shape index (κ2) is 6.24. The molecule has 0 radical (unpaired) electrons. The minimum Gasteiger partial charge on any atom is -0.379 e. The first-order chi connectivity index (χ1) is 9.74. The first-order valence-corrected chi connectivity index (χ1v) is 7.70. The van der Waals surface area contributed by atoms with E-state index in [0.29, 0.717) is 5.28 Å². The molecule has 0 saturated carbocycles. The normalized spacial score (nSPS) is 19.4. The predicted molar refractivity (Wildman–Crippen MR) is 79.6 cm³/mol. The monoisotopic (exact) mass is 296 g/mol. The second-order valence-electron chi connectivity index (χ2n) is 5.42. The summed E-state index contributed by atoms with van der Waals surface area (Å²) in [6.07, 6.45) is 2.19. The van der Waals surface area contributed by atoms with E-state index in [1.54, 1.807) is 0 Å². The maximum absolute atomic E-state index is 5.98. The van der Waals surface area contributed by atoms with Crippen LogP contribution in [0.25, 0.3) is 0 Å². The first-order valence-electron chi connectivity index (χ1n) is 7.32. The summed E-state index contributed by atoms with van der Waals surface area (Å²) in [6.45, 7) is 9.08. The quantitative estimate of drug-likeness (QED) is 0.788. The molecule has 1 aromatic heterocycles. The topological polar surface area (TPSA) is 41.5 Å². The molecule has 0 bridgehead atoms. The highest BCUT2D eigenvalue weighted by Crippen LogP contribution is 2.28. The molecule has 0 N–H and O–H groups in total. The summed E-state index contributed by atoms with van der Waals surface area (Å²) >= 11 is 5.98. The van der Waals surface area contributed by atoms with E-state index in [1.165, 1.54) is 5.56 Å². The van der Waals surface area contributed by atoms with Gasteiger partial charge >= 0.3 is 0 Å². The van der Waals surface area contributed by atoms with Crippen molar-refractivity contribution in [3.05, 3.63) is 16.5 Å². The molecule has 1 saturated heterocycles. The number of hydrogen-bond donors (Lipinski definition) is 0. The van der Waals surface area contributed by atoms with Crippen LogP contribution in [-0.2, 0) is 11.2 Å². The summed E-state index contributed by atoms with van der Waals surface area (Å²) in [5.74, 6) is 1.05. The van der Waals surface area contributed by atoms with E-state index in [4.69, 9.17) is 16.3 Å². The molecule has 0 aliphatic carbocycles. The highest BCUT2D eigenvalue weighted by molar-refractivity contribution is 6.28. The molecule has 1 aromatic rings. The van der Waals surface area contributed by atoms with Crippen molar-refractivity contribution >= 4 is 17.4 Å². The van der Waals surface area contributed by atoms with E-state index in [-0.39, 0.29) is 0 Å². The van der Waals surface area contributed by atoms with Crippen molar-refractivity contribution in [3.63, 3.8) is 0 Å². The molecule has 0 unspecified atom stereocenters. The average molecular weight is 297 g/mol. The van der Waals surface area contributed by atoms with Crippen LogP contribution in [0.5, 0.6) is 0 Å². The highest BCUT2D eigenvalue weighted by Gasteiger charge is 2.23. The maximum Gasteiger partial charge on any atom is 0.224 e. The molecule has 6 heteroatoms. The Labute approximate surface area is 124 Å². The zero-order valence-electron chi connectivity index (χ0n) is 11.9. The lowest BCUT2D eigenvalue weighted by atomic mass is 10.2. The van der Waals surface area contributed by atoms with Gasteiger partial charge in [-0.1, -0.05) is 0 Å². The molecule has 2 aliphatic rings. The molecule has 0 amide bonds. The Morgan fingerprint density at radius 3 is 2.75 bits per heavy atom. The van der Waals surface area contributed by atoms with Gasteiger partial charge in [0.15, 0.2) is 0 Å². The second-order valence-corrected chi connectivity index (χ2v) is 5.76. The molecular weight excluding hydrogens is 276 g/mol.